The Labute approximate surface area is 155 Å². The molecule has 0 bridgehead atoms. The fraction of sp³-hybridized carbons (Fsp3) is 0.350. The molecule has 1 amide bonds. The Balaban J connectivity index is 0.00000225. The molecule has 1 saturated carbocycles. The highest BCUT2D eigenvalue weighted by Crippen LogP contribution is 2.27. The van der Waals surface area contributed by atoms with Gasteiger partial charge >= 0.3 is 0 Å². The number of halogens is 1. The summed E-state index contributed by atoms with van der Waals surface area (Å²) >= 11 is 0. The maximum Gasteiger partial charge on any atom is 0.220 e. The van der Waals surface area contributed by atoms with Gasteiger partial charge in [-0.1, -0.05) is 36.4 Å². The van der Waals surface area contributed by atoms with Crippen molar-refractivity contribution in [3.05, 3.63) is 59.7 Å². The van der Waals surface area contributed by atoms with Crippen LogP contribution in [0.4, 0.5) is 5.69 Å². The number of nitrogen functional groups attached to an aromatic ring is 1. The predicted molar refractivity (Wildman–Crippen MR) is 103 cm³/mol. The number of para-hydroxylation sites is 2. The number of carbonyl (C=O) groups excluding carboxylic acids is 1. The minimum Gasteiger partial charge on any atom is -0.490 e. The van der Waals surface area contributed by atoms with Gasteiger partial charge in [0.1, 0.15) is 5.75 Å². The van der Waals surface area contributed by atoms with Crippen molar-refractivity contribution >= 4 is 24.0 Å². The van der Waals surface area contributed by atoms with E-state index in [1.807, 2.05) is 48.5 Å². The zero-order chi connectivity index (χ0) is 16.8. The minimum atomic E-state index is 0. The zero-order valence-corrected chi connectivity index (χ0v) is 15.1. The maximum absolute atomic E-state index is 12.1. The third-order valence-electron chi connectivity index (χ3n) is 4.47. The maximum atomic E-state index is 12.1. The van der Waals surface area contributed by atoms with E-state index >= 15 is 0 Å². The van der Waals surface area contributed by atoms with E-state index in [2.05, 4.69) is 5.32 Å². The van der Waals surface area contributed by atoms with Crippen molar-refractivity contribution in [2.45, 2.75) is 44.8 Å². The van der Waals surface area contributed by atoms with Gasteiger partial charge in [0.15, 0.2) is 0 Å². The molecule has 0 atom stereocenters. The first-order valence-corrected chi connectivity index (χ1v) is 8.57. The normalized spacial score (nSPS) is 13.4. The van der Waals surface area contributed by atoms with Crippen molar-refractivity contribution in [1.82, 2.24) is 5.32 Å². The lowest BCUT2D eigenvalue weighted by Crippen LogP contribution is -2.26. The van der Waals surface area contributed by atoms with Gasteiger partial charge in [0, 0.05) is 24.2 Å². The lowest BCUT2D eigenvalue weighted by atomic mass is 9.96. The second kappa shape index (κ2) is 9.33. The van der Waals surface area contributed by atoms with Crippen LogP contribution in [0.5, 0.6) is 5.75 Å². The summed E-state index contributed by atoms with van der Waals surface area (Å²) < 4.78 is 5.99. The summed E-state index contributed by atoms with van der Waals surface area (Å²) in [6, 6.07) is 15.6. The van der Waals surface area contributed by atoms with E-state index < -0.39 is 0 Å². The van der Waals surface area contributed by atoms with Crippen LogP contribution in [-0.2, 0) is 17.8 Å². The van der Waals surface area contributed by atoms with Crippen LogP contribution in [0, 0.1) is 0 Å². The molecule has 2 aromatic rings. The van der Waals surface area contributed by atoms with Gasteiger partial charge in [-0.2, -0.15) is 0 Å². The van der Waals surface area contributed by atoms with E-state index in [9.17, 15) is 4.79 Å². The Morgan fingerprint density at radius 2 is 1.76 bits per heavy atom. The van der Waals surface area contributed by atoms with Crippen molar-refractivity contribution in [1.29, 1.82) is 0 Å². The number of nitrogens with one attached hydrogen (secondary N) is 1. The topological polar surface area (TPSA) is 64.4 Å². The molecule has 3 rings (SSSR count). The monoisotopic (exact) mass is 360 g/mol. The Morgan fingerprint density at radius 3 is 2.44 bits per heavy atom. The smallest absolute Gasteiger partial charge is 0.220 e. The summed E-state index contributed by atoms with van der Waals surface area (Å²) in [6.07, 6.45) is 4.91. The number of hydrogen-bond acceptors (Lipinski definition) is 3. The Hall–Kier alpha value is -2.20. The van der Waals surface area contributed by atoms with E-state index in [1.165, 1.54) is 6.42 Å². The number of carbonyl (C=O) groups is 1. The highest BCUT2D eigenvalue weighted by molar-refractivity contribution is 5.85. The molecule has 0 radical (unpaired) electrons. The number of hydrogen-bond donors (Lipinski definition) is 2. The van der Waals surface area contributed by atoms with Crippen LogP contribution in [0.25, 0.3) is 0 Å². The number of rotatable bonds is 7. The second-order valence-corrected chi connectivity index (χ2v) is 6.25. The van der Waals surface area contributed by atoms with Crippen molar-refractivity contribution in [3.63, 3.8) is 0 Å². The average molecular weight is 361 g/mol. The first-order valence-electron chi connectivity index (χ1n) is 8.57. The van der Waals surface area contributed by atoms with Crippen LogP contribution in [0.15, 0.2) is 48.5 Å². The van der Waals surface area contributed by atoms with Gasteiger partial charge in [-0.15, -0.1) is 12.4 Å². The number of aryl methyl sites for hydroxylation is 1. The molecule has 1 aliphatic carbocycles. The van der Waals surface area contributed by atoms with Crippen LogP contribution in [-0.4, -0.2) is 12.0 Å². The first-order chi connectivity index (χ1) is 11.7. The number of amides is 1. The Kier molecular flexibility index (Phi) is 7.14. The van der Waals surface area contributed by atoms with Crippen LogP contribution in [0.3, 0.4) is 0 Å². The van der Waals surface area contributed by atoms with Gasteiger partial charge in [0.25, 0.3) is 0 Å². The largest absolute Gasteiger partial charge is 0.490 e. The van der Waals surface area contributed by atoms with E-state index in [-0.39, 0.29) is 18.3 Å². The molecule has 25 heavy (non-hydrogen) atoms. The van der Waals surface area contributed by atoms with Gasteiger partial charge < -0.3 is 15.8 Å². The first kappa shape index (κ1) is 19.1. The molecular weight excluding hydrogens is 336 g/mol. The fourth-order valence-corrected chi connectivity index (χ4v) is 2.73. The minimum absolute atomic E-state index is 0. The molecule has 4 nitrogen and oxygen atoms in total. The van der Waals surface area contributed by atoms with Crippen molar-refractivity contribution in [2.24, 2.45) is 0 Å². The quantitative estimate of drug-likeness (QED) is 0.736. The third kappa shape index (κ3) is 5.40. The predicted octanol–water partition coefficient (Wildman–Crippen LogP) is 3.87. The van der Waals surface area contributed by atoms with Gasteiger partial charge in [-0.3, -0.25) is 4.79 Å². The summed E-state index contributed by atoms with van der Waals surface area (Å²) in [5.41, 5.74) is 8.69. The third-order valence-corrected chi connectivity index (χ3v) is 4.47. The van der Waals surface area contributed by atoms with Crippen molar-refractivity contribution < 1.29 is 9.53 Å². The van der Waals surface area contributed by atoms with Crippen molar-refractivity contribution in [3.8, 4) is 5.75 Å². The Bertz CT molecular complexity index is 702. The molecule has 134 valence electrons. The van der Waals surface area contributed by atoms with Gasteiger partial charge in [-0.05, 0) is 43.4 Å². The van der Waals surface area contributed by atoms with E-state index in [4.69, 9.17) is 10.5 Å². The summed E-state index contributed by atoms with van der Waals surface area (Å²) in [6.45, 7) is 0.492. The van der Waals surface area contributed by atoms with E-state index in [0.717, 1.165) is 35.4 Å². The Morgan fingerprint density at radius 1 is 1.08 bits per heavy atom. The summed E-state index contributed by atoms with van der Waals surface area (Å²) in [7, 11) is 0. The summed E-state index contributed by atoms with van der Waals surface area (Å²) in [5.74, 6) is 0.909. The molecule has 2 aromatic carbocycles. The second-order valence-electron chi connectivity index (χ2n) is 6.25. The van der Waals surface area contributed by atoms with Crippen LogP contribution in [0.2, 0.25) is 0 Å². The molecule has 0 aromatic heterocycles. The molecule has 1 fully saturated rings. The summed E-state index contributed by atoms with van der Waals surface area (Å²) in [5, 5.41) is 2.98. The van der Waals surface area contributed by atoms with Crippen molar-refractivity contribution in [2.75, 3.05) is 5.73 Å². The van der Waals surface area contributed by atoms with Gasteiger partial charge in [0.2, 0.25) is 5.91 Å². The van der Waals surface area contributed by atoms with E-state index in [1.54, 1.807) is 0 Å². The molecule has 0 spiro atoms. The molecule has 0 aliphatic heterocycles. The van der Waals surface area contributed by atoms with E-state index in [0.29, 0.717) is 25.5 Å². The molecule has 0 unspecified atom stereocenters. The molecule has 1 aliphatic rings. The van der Waals surface area contributed by atoms with Crippen LogP contribution >= 0.6 is 12.4 Å². The SMILES string of the molecule is Cl.Nc1ccccc1CCC(=O)NCc1ccccc1OC1CCC1. The lowest BCUT2D eigenvalue weighted by Gasteiger charge is -2.27. The summed E-state index contributed by atoms with van der Waals surface area (Å²) in [4.78, 5) is 12.1. The standard InChI is InChI=1S/C20H24N2O2.ClH/c21-18-10-3-1-6-15(18)12-13-20(23)22-14-16-7-2-4-11-19(16)24-17-8-5-9-17;/h1-4,6-7,10-11,17H,5,8-9,12-14,21H2,(H,22,23);1H. The highest BCUT2D eigenvalue weighted by atomic mass is 35.5. The molecule has 0 saturated heterocycles. The number of benzene rings is 2. The molecule has 5 heteroatoms. The zero-order valence-electron chi connectivity index (χ0n) is 14.2. The molecular formula is C20H25ClN2O2. The lowest BCUT2D eigenvalue weighted by molar-refractivity contribution is -0.121. The fourth-order valence-electron chi connectivity index (χ4n) is 2.73. The molecule has 0 heterocycles. The molecule has 3 N–H and O–H groups in total. The van der Waals surface area contributed by atoms with Gasteiger partial charge in [-0.25, -0.2) is 0 Å². The number of nitrogens with two attached hydrogens (primary N) is 1. The van der Waals surface area contributed by atoms with Crippen LogP contribution in [0.1, 0.15) is 36.8 Å². The number of anilines is 1. The number of ether oxygens (including phenoxy) is 1. The van der Waals surface area contributed by atoms with Crippen LogP contribution < -0.4 is 15.8 Å². The highest BCUT2D eigenvalue weighted by Gasteiger charge is 2.20. The van der Waals surface area contributed by atoms with Gasteiger partial charge in [0.05, 0.1) is 6.10 Å². The average Bonchev–Trinajstić information content (AvgIpc) is 2.56.